The summed E-state index contributed by atoms with van der Waals surface area (Å²) in [6.07, 6.45) is 0.479. The molecule has 0 saturated heterocycles. The molecule has 0 radical (unpaired) electrons. The average Bonchev–Trinajstić information content (AvgIpc) is 1.63. The lowest BCUT2D eigenvalue weighted by Crippen LogP contribution is -2.31. The lowest BCUT2D eigenvalue weighted by atomic mass is 9.79. The maximum Gasteiger partial charge on any atom is 0.203 e. The summed E-state index contributed by atoms with van der Waals surface area (Å²) in [5.74, 6) is 0. The van der Waals surface area contributed by atoms with E-state index >= 15 is 0 Å². The predicted molar refractivity (Wildman–Crippen MR) is 27.8 cm³/mol. The van der Waals surface area contributed by atoms with Gasteiger partial charge in [0.2, 0.25) is 5.67 Å². The number of allylic oxidation sites excluding steroid dienone is 1. The van der Waals surface area contributed by atoms with Crippen molar-refractivity contribution >= 4 is 0 Å². The van der Waals surface area contributed by atoms with E-state index in [0.29, 0.717) is 0 Å². The van der Waals surface area contributed by atoms with Crippen LogP contribution < -0.4 is 0 Å². The van der Waals surface area contributed by atoms with Gasteiger partial charge in [-0.1, -0.05) is 12.2 Å². The molecule has 0 unspecified atom stereocenters. The summed E-state index contributed by atoms with van der Waals surface area (Å²) in [5.41, 5.74) is -0.717. The second-order valence-corrected chi connectivity index (χ2v) is 2.18. The maximum absolute atomic E-state index is 12.5. The highest BCUT2D eigenvalue weighted by Crippen LogP contribution is 2.38. The van der Waals surface area contributed by atoms with Crippen LogP contribution in [0.2, 0.25) is 0 Å². The highest BCUT2D eigenvalue weighted by atomic mass is 19.1. The molecule has 1 saturated carbocycles. The molecule has 8 heavy (non-hydrogen) atoms. The van der Waals surface area contributed by atoms with Gasteiger partial charge in [-0.15, -0.1) is 0 Å². The van der Waals surface area contributed by atoms with Gasteiger partial charge in [-0.3, -0.25) is 0 Å². The SMILES string of the molecule is C=C1CC(F)(C#N)C1. The molecule has 0 amide bonds. The van der Waals surface area contributed by atoms with Crippen molar-refractivity contribution in [1.82, 2.24) is 0 Å². The van der Waals surface area contributed by atoms with Gasteiger partial charge in [0.15, 0.2) is 0 Å². The molecular formula is C6H6FN. The van der Waals surface area contributed by atoms with E-state index < -0.39 is 5.67 Å². The highest BCUT2D eigenvalue weighted by Gasteiger charge is 2.39. The summed E-state index contributed by atoms with van der Waals surface area (Å²) in [5, 5.41) is 8.10. The third-order valence-corrected chi connectivity index (χ3v) is 1.26. The summed E-state index contributed by atoms with van der Waals surface area (Å²) >= 11 is 0. The molecule has 0 atom stereocenters. The zero-order chi connectivity index (χ0) is 6.20. The van der Waals surface area contributed by atoms with Crippen LogP contribution in [0.5, 0.6) is 0 Å². The molecule has 0 N–H and O–H groups in total. The van der Waals surface area contributed by atoms with Gasteiger partial charge in [0.1, 0.15) is 6.07 Å². The van der Waals surface area contributed by atoms with E-state index in [1.807, 2.05) is 0 Å². The topological polar surface area (TPSA) is 23.8 Å². The Bertz CT molecular complexity index is 158. The molecule has 0 bridgehead atoms. The number of hydrogen-bond acceptors (Lipinski definition) is 1. The summed E-state index contributed by atoms with van der Waals surface area (Å²) in [6.45, 7) is 3.51. The van der Waals surface area contributed by atoms with Crippen molar-refractivity contribution in [3.8, 4) is 6.07 Å². The van der Waals surface area contributed by atoms with E-state index in [2.05, 4.69) is 6.58 Å². The van der Waals surface area contributed by atoms with Gasteiger partial charge in [0.25, 0.3) is 0 Å². The molecule has 0 aliphatic heterocycles. The molecule has 42 valence electrons. The minimum absolute atomic E-state index is 0.240. The Labute approximate surface area is 47.4 Å². The molecule has 1 nitrogen and oxygen atoms in total. The number of alkyl halides is 1. The van der Waals surface area contributed by atoms with Crippen LogP contribution in [0.3, 0.4) is 0 Å². The first-order valence-electron chi connectivity index (χ1n) is 2.43. The zero-order valence-electron chi connectivity index (χ0n) is 4.45. The van der Waals surface area contributed by atoms with Crippen LogP contribution in [0.1, 0.15) is 12.8 Å². The molecule has 0 spiro atoms. The number of halogens is 1. The normalized spacial score (nSPS) is 23.8. The predicted octanol–water partition coefficient (Wildman–Crippen LogP) is 1.57. The van der Waals surface area contributed by atoms with Crippen molar-refractivity contribution in [3.63, 3.8) is 0 Å². The van der Waals surface area contributed by atoms with E-state index in [9.17, 15) is 4.39 Å². The van der Waals surface area contributed by atoms with Crippen molar-refractivity contribution in [2.75, 3.05) is 0 Å². The van der Waals surface area contributed by atoms with E-state index in [-0.39, 0.29) is 12.8 Å². The number of rotatable bonds is 0. The maximum atomic E-state index is 12.5. The van der Waals surface area contributed by atoms with Crippen molar-refractivity contribution in [3.05, 3.63) is 12.2 Å². The van der Waals surface area contributed by atoms with E-state index in [1.165, 1.54) is 0 Å². The summed E-state index contributed by atoms with van der Waals surface area (Å²) in [7, 11) is 0. The van der Waals surface area contributed by atoms with E-state index in [4.69, 9.17) is 5.26 Å². The molecule has 1 aliphatic rings. The Morgan fingerprint density at radius 3 is 2.38 bits per heavy atom. The Hall–Kier alpha value is -0.840. The first kappa shape index (κ1) is 5.30. The largest absolute Gasteiger partial charge is 0.227 e. The van der Waals surface area contributed by atoms with Gasteiger partial charge in [-0.25, -0.2) is 4.39 Å². The lowest BCUT2D eigenvalue weighted by Gasteiger charge is -2.28. The van der Waals surface area contributed by atoms with Crippen LogP contribution >= 0.6 is 0 Å². The van der Waals surface area contributed by atoms with Crippen molar-refractivity contribution < 1.29 is 4.39 Å². The van der Waals surface area contributed by atoms with E-state index in [0.717, 1.165) is 5.57 Å². The minimum Gasteiger partial charge on any atom is -0.227 e. The molecular weight excluding hydrogens is 105 g/mol. The first-order chi connectivity index (χ1) is 3.66. The molecule has 1 fully saturated rings. The van der Waals surface area contributed by atoms with Gasteiger partial charge in [-0.05, 0) is 0 Å². The van der Waals surface area contributed by atoms with Gasteiger partial charge < -0.3 is 0 Å². The fraction of sp³-hybridized carbons (Fsp3) is 0.500. The molecule has 1 rings (SSSR count). The average molecular weight is 111 g/mol. The zero-order valence-corrected chi connectivity index (χ0v) is 4.45. The Kier molecular flexibility index (Phi) is 0.872. The Balaban J connectivity index is 2.56. The van der Waals surface area contributed by atoms with Crippen LogP contribution in [-0.4, -0.2) is 5.67 Å². The lowest BCUT2D eigenvalue weighted by molar-refractivity contribution is 0.184. The molecule has 2 heteroatoms. The third-order valence-electron chi connectivity index (χ3n) is 1.26. The van der Waals surface area contributed by atoms with Crippen molar-refractivity contribution in [2.45, 2.75) is 18.5 Å². The summed E-state index contributed by atoms with van der Waals surface area (Å²) in [4.78, 5) is 0. The number of nitriles is 1. The molecule has 0 aromatic rings. The Morgan fingerprint density at radius 2 is 2.25 bits per heavy atom. The fourth-order valence-electron chi connectivity index (χ4n) is 0.820. The fourth-order valence-corrected chi connectivity index (χ4v) is 0.820. The molecule has 0 aromatic heterocycles. The van der Waals surface area contributed by atoms with Gasteiger partial charge in [0.05, 0.1) is 0 Å². The second kappa shape index (κ2) is 1.32. The molecule has 0 heterocycles. The van der Waals surface area contributed by atoms with Crippen LogP contribution in [0, 0.1) is 11.3 Å². The highest BCUT2D eigenvalue weighted by molar-refractivity contribution is 5.25. The van der Waals surface area contributed by atoms with Gasteiger partial charge in [0, 0.05) is 12.8 Å². The monoisotopic (exact) mass is 111 g/mol. The first-order valence-corrected chi connectivity index (χ1v) is 2.43. The van der Waals surface area contributed by atoms with Crippen molar-refractivity contribution in [1.29, 1.82) is 5.26 Å². The van der Waals surface area contributed by atoms with Crippen LogP contribution in [0.25, 0.3) is 0 Å². The molecule has 0 aromatic carbocycles. The molecule has 1 aliphatic carbocycles. The van der Waals surface area contributed by atoms with Crippen LogP contribution in [0.4, 0.5) is 4.39 Å². The van der Waals surface area contributed by atoms with Crippen LogP contribution in [0.15, 0.2) is 12.2 Å². The third kappa shape index (κ3) is 0.604. The quantitative estimate of drug-likeness (QED) is 0.435. The van der Waals surface area contributed by atoms with E-state index in [1.54, 1.807) is 6.07 Å². The second-order valence-electron chi connectivity index (χ2n) is 2.18. The van der Waals surface area contributed by atoms with Crippen molar-refractivity contribution in [2.24, 2.45) is 0 Å². The summed E-state index contributed by atoms with van der Waals surface area (Å²) in [6, 6.07) is 1.58. The van der Waals surface area contributed by atoms with Gasteiger partial charge in [-0.2, -0.15) is 5.26 Å². The number of nitrogens with zero attached hydrogens (tertiary/aromatic N) is 1. The smallest absolute Gasteiger partial charge is 0.203 e. The van der Waals surface area contributed by atoms with Gasteiger partial charge >= 0.3 is 0 Å². The number of hydrogen-bond donors (Lipinski definition) is 0. The van der Waals surface area contributed by atoms with Crippen LogP contribution in [-0.2, 0) is 0 Å². The minimum atomic E-state index is -1.56. The standard InChI is InChI=1S/C6H6FN/c1-5-2-6(7,3-5)4-8/h1-3H2. The Morgan fingerprint density at radius 1 is 1.75 bits per heavy atom. The summed E-state index contributed by atoms with van der Waals surface area (Å²) < 4.78 is 12.5.